The van der Waals surface area contributed by atoms with Gasteiger partial charge in [-0.1, -0.05) is 13.0 Å². The summed E-state index contributed by atoms with van der Waals surface area (Å²) >= 11 is 0. The molecule has 3 aromatic rings. The molecule has 4 N–H and O–H groups in total. The Bertz CT molecular complexity index is 1300. The summed E-state index contributed by atoms with van der Waals surface area (Å²) in [6, 6.07) is 3.68. The smallest absolute Gasteiger partial charge is 0.419 e. The van der Waals surface area contributed by atoms with Crippen LogP contribution in [-0.2, 0) is 0 Å². The monoisotopic (exact) mass is 468 g/mol. The Morgan fingerprint density at radius 3 is 2.55 bits per heavy atom. The number of phenolic OH excluding ortho intramolecular Hbond substituents is 1. The van der Waals surface area contributed by atoms with Crippen molar-refractivity contribution in [3.8, 4) is 5.75 Å². The average molecular weight is 468 g/mol. The lowest BCUT2D eigenvalue weighted by Gasteiger charge is -2.46. The van der Waals surface area contributed by atoms with Crippen molar-refractivity contribution in [2.24, 2.45) is 0 Å². The van der Waals surface area contributed by atoms with Gasteiger partial charge in [0.1, 0.15) is 5.82 Å². The number of fused-ring (bicyclic) bond motifs is 2. The molecule has 1 heterocycles. The molecule has 33 heavy (non-hydrogen) atoms. The summed E-state index contributed by atoms with van der Waals surface area (Å²) in [4.78, 5) is 14.0. The Morgan fingerprint density at radius 1 is 1.21 bits per heavy atom. The lowest BCUT2D eigenvalue weighted by Crippen LogP contribution is -2.55. The maximum absolute atomic E-state index is 14.5. The molecule has 176 valence electrons. The topological polar surface area (TPSA) is 85.4 Å². The Hall–Kier alpha value is -3.14. The van der Waals surface area contributed by atoms with Crippen LogP contribution in [0.3, 0.4) is 0 Å². The van der Waals surface area contributed by atoms with Crippen LogP contribution in [0, 0.1) is 18.6 Å². The fraction of sp³-hybridized carbons (Fsp3) is 0.348. The highest BCUT2D eigenvalue weighted by Gasteiger charge is 2.62. The summed E-state index contributed by atoms with van der Waals surface area (Å²) in [5, 5.41) is 24.3. The van der Waals surface area contributed by atoms with Crippen molar-refractivity contribution in [3.63, 3.8) is 0 Å². The SMILES string of the molecule is CC[C@@H]1C[C@](O)(C(F)(F)F)C(Nc2cc(F)cc3[nH]c(=O)ccc23)c2cc(C)c(F)c(O)c21. The van der Waals surface area contributed by atoms with Gasteiger partial charge in [0.15, 0.2) is 17.2 Å². The molecule has 10 heteroatoms. The number of aryl methyl sites for hydroxylation is 1. The molecular formula is C23H21F5N2O3. The number of hydrogen-bond acceptors (Lipinski definition) is 4. The largest absolute Gasteiger partial charge is 0.505 e. The molecule has 0 radical (unpaired) electrons. The first-order valence-corrected chi connectivity index (χ1v) is 10.3. The minimum atomic E-state index is -5.11. The molecule has 1 unspecified atom stereocenters. The number of rotatable bonds is 3. The van der Waals surface area contributed by atoms with Crippen LogP contribution >= 0.6 is 0 Å². The molecule has 0 spiro atoms. The number of anilines is 1. The molecule has 0 fully saturated rings. The maximum atomic E-state index is 14.5. The number of alkyl halides is 3. The van der Waals surface area contributed by atoms with Crippen molar-refractivity contribution in [2.75, 3.05) is 5.32 Å². The fourth-order valence-electron chi connectivity index (χ4n) is 4.67. The second-order valence-corrected chi connectivity index (χ2v) is 8.40. The Kier molecular flexibility index (Phi) is 5.39. The van der Waals surface area contributed by atoms with E-state index in [1.165, 1.54) is 13.0 Å². The van der Waals surface area contributed by atoms with Gasteiger partial charge < -0.3 is 20.5 Å². The first-order chi connectivity index (χ1) is 15.4. The van der Waals surface area contributed by atoms with Gasteiger partial charge in [-0.2, -0.15) is 13.2 Å². The number of benzene rings is 2. The molecule has 3 atom stereocenters. The van der Waals surface area contributed by atoms with E-state index in [4.69, 9.17) is 0 Å². The minimum Gasteiger partial charge on any atom is -0.505 e. The summed E-state index contributed by atoms with van der Waals surface area (Å²) in [7, 11) is 0. The molecule has 0 aliphatic heterocycles. The molecule has 0 saturated heterocycles. The van der Waals surface area contributed by atoms with E-state index < -0.39 is 53.1 Å². The van der Waals surface area contributed by atoms with Gasteiger partial charge in [-0.25, -0.2) is 8.78 Å². The van der Waals surface area contributed by atoms with E-state index in [-0.39, 0.29) is 39.7 Å². The number of pyridine rings is 1. The van der Waals surface area contributed by atoms with E-state index in [1.54, 1.807) is 6.92 Å². The van der Waals surface area contributed by atoms with E-state index in [1.807, 2.05) is 0 Å². The van der Waals surface area contributed by atoms with Crippen LogP contribution in [0.2, 0.25) is 0 Å². The quantitative estimate of drug-likeness (QED) is 0.400. The second-order valence-electron chi connectivity index (χ2n) is 8.40. The number of halogens is 5. The van der Waals surface area contributed by atoms with Crippen molar-refractivity contribution in [2.45, 2.75) is 50.4 Å². The molecule has 1 aromatic heterocycles. The highest BCUT2D eigenvalue weighted by molar-refractivity contribution is 5.91. The minimum absolute atomic E-state index is 0.0267. The van der Waals surface area contributed by atoms with Gasteiger partial charge in [-0.15, -0.1) is 0 Å². The zero-order chi connectivity index (χ0) is 24.3. The Labute approximate surface area is 184 Å². The van der Waals surface area contributed by atoms with Crippen LogP contribution in [0.4, 0.5) is 27.6 Å². The molecule has 0 bridgehead atoms. The van der Waals surface area contributed by atoms with Crippen molar-refractivity contribution < 1.29 is 32.2 Å². The van der Waals surface area contributed by atoms with Crippen LogP contribution in [0.5, 0.6) is 5.75 Å². The highest BCUT2D eigenvalue weighted by atomic mass is 19.4. The van der Waals surface area contributed by atoms with Gasteiger partial charge in [0.2, 0.25) is 5.56 Å². The molecule has 0 saturated carbocycles. The summed E-state index contributed by atoms with van der Waals surface area (Å²) in [6.07, 6.45) is -5.83. The van der Waals surface area contributed by atoms with E-state index in [0.717, 1.165) is 24.3 Å². The third kappa shape index (κ3) is 3.62. The van der Waals surface area contributed by atoms with Gasteiger partial charge in [0.25, 0.3) is 0 Å². The predicted octanol–water partition coefficient (Wildman–Crippen LogP) is 5.16. The van der Waals surface area contributed by atoms with Crippen molar-refractivity contribution in [1.82, 2.24) is 4.98 Å². The summed E-state index contributed by atoms with van der Waals surface area (Å²) in [5.74, 6) is -3.51. The number of phenols is 1. The van der Waals surface area contributed by atoms with Crippen LogP contribution in [0.25, 0.3) is 10.9 Å². The van der Waals surface area contributed by atoms with Crippen LogP contribution < -0.4 is 10.9 Å². The molecule has 5 nitrogen and oxygen atoms in total. The number of hydrogen-bond donors (Lipinski definition) is 4. The third-order valence-corrected chi connectivity index (χ3v) is 6.33. The normalized spacial score (nSPS) is 22.9. The van der Waals surface area contributed by atoms with E-state index in [0.29, 0.717) is 0 Å². The molecule has 1 aliphatic rings. The van der Waals surface area contributed by atoms with E-state index in [9.17, 15) is 37.0 Å². The van der Waals surface area contributed by atoms with Gasteiger partial charge >= 0.3 is 6.18 Å². The first-order valence-electron chi connectivity index (χ1n) is 10.3. The maximum Gasteiger partial charge on any atom is 0.419 e. The highest BCUT2D eigenvalue weighted by Crippen LogP contribution is 2.55. The molecule has 4 rings (SSSR count). The summed E-state index contributed by atoms with van der Waals surface area (Å²) < 4.78 is 71.5. The van der Waals surface area contributed by atoms with Gasteiger partial charge in [-0.05, 0) is 55.0 Å². The lowest BCUT2D eigenvalue weighted by molar-refractivity contribution is -0.272. The lowest BCUT2D eigenvalue weighted by atomic mass is 9.68. The second kappa shape index (κ2) is 7.72. The zero-order valence-corrected chi connectivity index (χ0v) is 17.6. The van der Waals surface area contributed by atoms with Gasteiger partial charge in [0.05, 0.1) is 11.6 Å². The molecule has 2 aromatic carbocycles. The molecule has 0 amide bonds. The number of aliphatic hydroxyl groups is 1. The number of aromatic hydroxyl groups is 1. The average Bonchev–Trinajstić information content (AvgIpc) is 2.72. The summed E-state index contributed by atoms with van der Waals surface area (Å²) in [5.41, 5.74) is -4.17. The first kappa shape index (κ1) is 23.0. The Morgan fingerprint density at radius 2 is 1.91 bits per heavy atom. The van der Waals surface area contributed by atoms with Gasteiger partial charge in [-0.3, -0.25) is 4.79 Å². The van der Waals surface area contributed by atoms with Crippen molar-refractivity contribution >= 4 is 16.6 Å². The predicted molar refractivity (Wildman–Crippen MR) is 112 cm³/mol. The zero-order valence-electron chi connectivity index (χ0n) is 17.6. The van der Waals surface area contributed by atoms with Crippen LogP contribution in [0.1, 0.15) is 48.4 Å². The molecule has 1 aliphatic carbocycles. The third-order valence-electron chi connectivity index (χ3n) is 6.33. The van der Waals surface area contributed by atoms with Crippen molar-refractivity contribution in [1.29, 1.82) is 0 Å². The number of nitrogens with one attached hydrogen (secondary N) is 2. The van der Waals surface area contributed by atoms with Crippen LogP contribution in [0.15, 0.2) is 35.1 Å². The number of aromatic amines is 1. The number of aromatic nitrogens is 1. The Balaban J connectivity index is 1.99. The fourth-order valence-corrected chi connectivity index (χ4v) is 4.67. The summed E-state index contributed by atoms with van der Waals surface area (Å²) in [6.45, 7) is 2.86. The van der Waals surface area contributed by atoms with Crippen molar-refractivity contribution in [3.05, 3.63) is 69.0 Å². The number of H-pyrrole nitrogens is 1. The van der Waals surface area contributed by atoms with E-state index >= 15 is 0 Å². The standard InChI is InChI=1S/C23H21F5N2O3/c1-3-11-9-22(33,23(26,27)28)21(14-6-10(2)19(25)20(32)18(11)14)30-16-8-12(24)7-15-13(16)4-5-17(31)29-15/h4-8,11,21,30,32-33H,3,9H2,1-2H3,(H,29,31)/t11-,21?,22-/m1/s1. The molecular weight excluding hydrogens is 447 g/mol. The van der Waals surface area contributed by atoms with E-state index in [2.05, 4.69) is 10.3 Å². The van der Waals surface area contributed by atoms with Gasteiger partial charge in [0, 0.05) is 22.7 Å². The van der Waals surface area contributed by atoms with Crippen LogP contribution in [-0.4, -0.2) is 27.0 Å².